The lowest BCUT2D eigenvalue weighted by Crippen LogP contribution is -2.47. The largest absolute Gasteiger partial charge is 0.384 e. The van der Waals surface area contributed by atoms with E-state index in [2.05, 4.69) is 0 Å². The highest BCUT2D eigenvalue weighted by atomic mass is 32.2. The molecule has 0 spiro atoms. The lowest BCUT2D eigenvalue weighted by Gasteiger charge is -2.34. The third kappa shape index (κ3) is 2.41. The number of thioether (sulfide) groups is 1. The maximum absolute atomic E-state index is 10.6. The van der Waals surface area contributed by atoms with Crippen LogP contribution in [0.4, 0.5) is 0 Å². The predicted octanol–water partition coefficient (Wildman–Crippen LogP) is 1.63. The van der Waals surface area contributed by atoms with Crippen LogP contribution in [0.15, 0.2) is 24.3 Å². The summed E-state index contributed by atoms with van der Waals surface area (Å²) in [7, 11) is 0. The lowest BCUT2D eigenvalue weighted by atomic mass is 9.90. The van der Waals surface area contributed by atoms with E-state index in [1.54, 1.807) is 0 Å². The quantitative estimate of drug-likeness (QED) is 0.588. The van der Waals surface area contributed by atoms with Gasteiger partial charge in [-0.25, -0.2) is 0 Å². The topological polar surface area (TPSA) is 63.4 Å². The Labute approximate surface area is 93.2 Å². The van der Waals surface area contributed by atoms with E-state index in [4.69, 9.17) is 0 Å². The van der Waals surface area contributed by atoms with E-state index >= 15 is 0 Å². The summed E-state index contributed by atoms with van der Waals surface area (Å²) < 4.78 is -0.554. The van der Waals surface area contributed by atoms with Crippen LogP contribution in [0.3, 0.4) is 0 Å². The number of nitro groups is 1. The molecule has 1 N–H and O–H groups in total. The van der Waals surface area contributed by atoms with Gasteiger partial charge in [0.25, 0.3) is 0 Å². The Bertz CT molecular complexity index is 303. The molecule has 0 saturated heterocycles. The minimum atomic E-state index is -0.969. The first-order valence-electron chi connectivity index (χ1n) is 4.74. The van der Waals surface area contributed by atoms with Crippen LogP contribution in [0.2, 0.25) is 0 Å². The molecule has 1 aliphatic carbocycles. The minimum Gasteiger partial charge on any atom is -0.384 e. The molecule has 15 heavy (non-hydrogen) atoms. The Morgan fingerprint density at radius 1 is 1.60 bits per heavy atom. The average Bonchev–Trinajstić information content (AvgIpc) is 2.27. The summed E-state index contributed by atoms with van der Waals surface area (Å²) in [6.07, 6.45) is 9.01. The number of hydrogen-bond acceptors (Lipinski definition) is 4. The Hall–Kier alpha value is -0.810. The summed E-state index contributed by atoms with van der Waals surface area (Å²) in [6.45, 7) is 1.44. The van der Waals surface area contributed by atoms with Gasteiger partial charge in [-0.3, -0.25) is 10.1 Å². The third-order valence-corrected chi connectivity index (χ3v) is 4.04. The van der Waals surface area contributed by atoms with Crippen molar-refractivity contribution in [2.75, 3.05) is 6.26 Å². The van der Waals surface area contributed by atoms with E-state index in [-0.39, 0.29) is 0 Å². The lowest BCUT2D eigenvalue weighted by molar-refractivity contribution is -0.530. The first kappa shape index (κ1) is 12.3. The van der Waals surface area contributed by atoms with Crippen molar-refractivity contribution in [1.82, 2.24) is 0 Å². The highest BCUT2D eigenvalue weighted by Crippen LogP contribution is 2.36. The second-order valence-electron chi connectivity index (χ2n) is 3.62. The molecule has 0 fully saturated rings. The molecule has 84 valence electrons. The molecule has 5 heteroatoms. The maximum Gasteiger partial charge on any atom is 0.237 e. The van der Waals surface area contributed by atoms with Gasteiger partial charge in [-0.1, -0.05) is 24.3 Å². The van der Waals surface area contributed by atoms with E-state index in [1.807, 2.05) is 30.6 Å². The van der Waals surface area contributed by atoms with E-state index in [9.17, 15) is 15.2 Å². The standard InChI is InChI=1S/C10H15NO3S/c1-8(11(13)14)9(12)10(15-2)6-4-3-5-7-10/h3-6,8-9,12H,7H2,1-2H3. The molecule has 3 atom stereocenters. The highest BCUT2D eigenvalue weighted by molar-refractivity contribution is 8.00. The second kappa shape index (κ2) is 4.81. The Morgan fingerprint density at radius 2 is 2.27 bits per heavy atom. The zero-order valence-corrected chi connectivity index (χ0v) is 9.61. The summed E-state index contributed by atoms with van der Waals surface area (Å²) in [5.41, 5.74) is 0. The van der Waals surface area contributed by atoms with Gasteiger partial charge in [-0.2, -0.15) is 11.8 Å². The van der Waals surface area contributed by atoms with Gasteiger partial charge in [0.1, 0.15) is 6.10 Å². The molecule has 0 amide bonds. The van der Waals surface area contributed by atoms with E-state index < -0.39 is 21.8 Å². The van der Waals surface area contributed by atoms with Crippen molar-refractivity contribution in [1.29, 1.82) is 0 Å². The van der Waals surface area contributed by atoms with Gasteiger partial charge in [-0.15, -0.1) is 0 Å². The zero-order valence-electron chi connectivity index (χ0n) is 8.79. The highest BCUT2D eigenvalue weighted by Gasteiger charge is 2.42. The van der Waals surface area contributed by atoms with Crippen molar-refractivity contribution < 1.29 is 10.0 Å². The van der Waals surface area contributed by atoms with Crippen LogP contribution in [0.25, 0.3) is 0 Å². The number of rotatable bonds is 4. The van der Waals surface area contributed by atoms with E-state index in [1.165, 1.54) is 18.7 Å². The molecule has 0 aromatic carbocycles. The number of aliphatic hydroxyl groups excluding tert-OH is 1. The molecule has 4 nitrogen and oxygen atoms in total. The monoisotopic (exact) mass is 229 g/mol. The molecular formula is C10H15NO3S. The third-order valence-electron chi connectivity index (χ3n) is 2.73. The van der Waals surface area contributed by atoms with E-state index in [0.29, 0.717) is 6.42 Å². The van der Waals surface area contributed by atoms with Gasteiger partial charge in [-0.05, 0) is 12.7 Å². The van der Waals surface area contributed by atoms with Crippen molar-refractivity contribution in [3.8, 4) is 0 Å². The smallest absolute Gasteiger partial charge is 0.237 e. The fourth-order valence-corrected chi connectivity index (χ4v) is 2.55. The maximum atomic E-state index is 10.6. The van der Waals surface area contributed by atoms with Crippen LogP contribution < -0.4 is 0 Å². The molecule has 1 rings (SSSR count). The number of nitrogens with zero attached hydrogens (tertiary/aromatic N) is 1. The van der Waals surface area contributed by atoms with Gasteiger partial charge in [0.05, 0.1) is 4.75 Å². The molecule has 0 aromatic heterocycles. The normalized spacial score (nSPS) is 28.7. The molecule has 0 saturated carbocycles. The summed E-state index contributed by atoms with van der Waals surface area (Å²) in [5.74, 6) is 0. The molecule has 0 radical (unpaired) electrons. The minimum absolute atomic E-state index is 0.436. The molecular weight excluding hydrogens is 214 g/mol. The molecule has 0 heterocycles. The van der Waals surface area contributed by atoms with Crippen molar-refractivity contribution in [3.63, 3.8) is 0 Å². The molecule has 3 unspecified atom stereocenters. The fourth-order valence-electron chi connectivity index (χ4n) is 1.63. The first-order valence-corrected chi connectivity index (χ1v) is 5.97. The van der Waals surface area contributed by atoms with Crippen molar-refractivity contribution in [2.45, 2.75) is 30.2 Å². The molecule has 0 aromatic rings. The molecule has 0 bridgehead atoms. The van der Waals surface area contributed by atoms with Gasteiger partial charge in [0.15, 0.2) is 0 Å². The Kier molecular flexibility index (Phi) is 3.93. The molecule has 1 aliphatic rings. The van der Waals surface area contributed by atoms with Crippen LogP contribution in [0, 0.1) is 10.1 Å². The van der Waals surface area contributed by atoms with Crippen molar-refractivity contribution in [3.05, 3.63) is 34.4 Å². The summed E-state index contributed by atoms with van der Waals surface area (Å²) in [4.78, 5) is 10.2. The number of hydrogen-bond donors (Lipinski definition) is 1. The van der Waals surface area contributed by atoms with Crippen molar-refractivity contribution >= 4 is 11.8 Å². The number of allylic oxidation sites excluding steroid dienone is 3. The van der Waals surface area contributed by atoms with Crippen LogP contribution in [-0.4, -0.2) is 33.2 Å². The van der Waals surface area contributed by atoms with Crippen LogP contribution in [-0.2, 0) is 0 Å². The average molecular weight is 229 g/mol. The predicted molar refractivity (Wildman–Crippen MR) is 61.6 cm³/mol. The van der Waals surface area contributed by atoms with Crippen LogP contribution in [0.1, 0.15) is 13.3 Å². The second-order valence-corrected chi connectivity index (χ2v) is 4.79. The number of aliphatic hydroxyl groups is 1. The van der Waals surface area contributed by atoms with Crippen LogP contribution >= 0.6 is 11.8 Å². The van der Waals surface area contributed by atoms with Gasteiger partial charge >= 0.3 is 0 Å². The summed E-state index contributed by atoms with van der Waals surface area (Å²) in [5, 5.41) is 20.7. The molecule has 0 aliphatic heterocycles. The van der Waals surface area contributed by atoms with Crippen LogP contribution in [0.5, 0.6) is 0 Å². The van der Waals surface area contributed by atoms with Gasteiger partial charge in [0, 0.05) is 11.8 Å². The summed E-state index contributed by atoms with van der Waals surface area (Å²) >= 11 is 1.45. The fraction of sp³-hybridized carbons (Fsp3) is 0.600. The van der Waals surface area contributed by atoms with Gasteiger partial charge in [0.2, 0.25) is 6.04 Å². The van der Waals surface area contributed by atoms with Gasteiger partial charge < -0.3 is 5.11 Å². The first-order chi connectivity index (χ1) is 7.03. The van der Waals surface area contributed by atoms with Crippen molar-refractivity contribution in [2.24, 2.45) is 0 Å². The zero-order chi connectivity index (χ0) is 11.5. The Morgan fingerprint density at radius 3 is 2.67 bits per heavy atom. The Balaban J connectivity index is 2.87. The summed E-state index contributed by atoms with van der Waals surface area (Å²) in [6, 6.07) is -0.950. The SMILES string of the molecule is CSC1(C(O)C(C)[N+](=O)[O-])C=CC=CC1. The van der Waals surface area contributed by atoms with E-state index in [0.717, 1.165) is 0 Å².